The molecule has 1 aliphatic rings. The highest BCUT2D eigenvalue weighted by atomic mass is 19.1. The zero-order valence-corrected chi connectivity index (χ0v) is 16.8. The SMILES string of the molecule is O=C(Nc1cc(F)ccc1F)N1CCC(OCCc2noc(-c3ccccc3)n2)CC1. The van der Waals surface area contributed by atoms with Crippen molar-refractivity contribution in [1.82, 2.24) is 15.0 Å². The van der Waals surface area contributed by atoms with Crippen molar-refractivity contribution in [2.45, 2.75) is 25.4 Å². The number of hydrogen-bond acceptors (Lipinski definition) is 5. The molecule has 31 heavy (non-hydrogen) atoms. The standard InChI is InChI=1S/C22H22F2N4O3/c23-16-6-7-18(24)19(14-16)25-22(29)28-11-8-17(9-12-28)30-13-10-20-26-21(31-27-20)15-4-2-1-3-5-15/h1-7,14,17H,8-13H2,(H,25,29). The number of piperidine rings is 1. The summed E-state index contributed by atoms with van der Waals surface area (Å²) in [6, 6.07) is 12.0. The Bertz CT molecular complexity index is 1020. The van der Waals surface area contributed by atoms with Gasteiger partial charge in [0.1, 0.15) is 11.6 Å². The smallest absolute Gasteiger partial charge is 0.321 e. The number of amides is 2. The molecule has 162 valence electrons. The van der Waals surface area contributed by atoms with Crippen LogP contribution in [-0.4, -0.2) is 46.9 Å². The van der Waals surface area contributed by atoms with Crippen molar-refractivity contribution in [3.63, 3.8) is 0 Å². The number of carbonyl (C=O) groups is 1. The minimum Gasteiger partial charge on any atom is -0.378 e. The van der Waals surface area contributed by atoms with Crippen molar-refractivity contribution < 1.29 is 22.8 Å². The van der Waals surface area contributed by atoms with Gasteiger partial charge in [-0.15, -0.1) is 0 Å². The maximum atomic E-state index is 13.7. The van der Waals surface area contributed by atoms with Crippen molar-refractivity contribution in [1.29, 1.82) is 0 Å². The molecular formula is C22H22F2N4O3. The van der Waals surface area contributed by atoms with Gasteiger partial charge in [-0.05, 0) is 37.1 Å². The average Bonchev–Trinajstić information content (AvgIpc) is 3.26. The second-order valence-corrected chi connectivity index (χ2v) is 7.24. The Kier molecular flexibility index (Phi) is 6.51. The van der Waals surface area contributed by atoms with Crippen molar-refractivity contribution in [2.75, 3.05) is 25.0 Å². The van der Waals surface area contributed by atoms with Gasteiger partial charge in [-0.2, -0.15) is 4.98 Å². The molecule has 1 aliphatic heterocycles. The predicted molar refractivity (Wildman–Crippen MR) is 109 cm³/mol. The van der Waals surface area contributed by atoms with E-state index in [-0.39, 0.29) is 11.8 Å². The van der Waals surface area contributed by atoms with Crippen LogP contribution in [0.4, 0.5) is 19.3 Å². The van der Waals surface area contributed by atoms with Gasteiger partial charge in [0, 0.05) is 31.1 Å². The first-order valence-corrected chi connectivity index (χ1v) is 10.1. The third-order valence-corrected chi connectivity index (χ3v) is 5.07. The fraction of sp³-hybridized carbons (Fsp3) is 0.318. The molecule has 0 aliphatic carbocycles. The van der Waals surface area contributed by atoms with E-state index in [0.29, 0.717) is 50.7 Å². The number of aromatic nitrogens is 2. The molecule has 0 spiro atoms. The zero-order valence-electron chi connectivity index (χ0n) is 16.8. The highest BCUT2D eigenvalue weighted by Crippen LogP contribution is 2.19. The largest absolute Gasteiger partial charge is 0.378 e. The minimum absolute atomic E-state index is 0.00968. The third kappa shape index (κ3) is 5.43. The molecular weight excluding hydrogens is 406 g/mol. The Balaban J connectivity index is 1.20. The molecule has 0 unspecified atom stereocenters. The van der Waals surface area contributed by atoms with Crippen molar-refractivity contribution in [3.8, 4) is 11.5 Å². The van der Waals surface area contributed by atoms with Crippen molar-refractivity contribution >= 4 is 11.7 Å². The van der Waals surface area contributed by atoms with Crippen LogP contribution in [0, 0.1) is 11.6 Å². The molecule has 1 fully saturated rings. The van der Waals surface area contributed by atoms with E-state index >= 15 is 0 Å². The second-order valence-electron chi connectivity index (χ2n) is 7.24. The molecule has 4 rings (SSSR count). The van der Waals surface area contributed by atoms with Gasteiger partial charge in [-0.25, -0.2) is 13.6 Å². The molecule has 0 saturated carbocycles. The fourth-order valence-corrected chi connectivity index (χ4v) is 3.38. The number of anilines is 1. The van der Waals surface area contributed by atoms with Gasteiger partial charge in [0.2, 0.25) is 0 Å². The summed E-state index contributed by atoms with van der Waals surface area (Å²) < 4.78 is 38.1. The van der Waals surface area contributed by atoms with Crippen LogP contribution in [0.2, 0.25) is 0 Å². The normalized spacial score (nSPS) is 14.6. The number of ether oxygens (including phenoxy) is 1. The van der Waals surface area contributed by atoms with Gasteiger partial charge in [-0.1, -0.05) is 23.4 Å². The lowest BCUT2D eigenvalue weighted by atomic mass is 10.1. The fourth-order valence-electron chi connectivity index (χ4n) is 3.38. The van der Waals surface area contributed by atoms with Crippen LogP contribution in [0.1, 0.15) is 18.7 Å². The first-order valence-electron chi connectivity index (χ1n) is 10.1. The van der Waals surface area contributed by atoms with Crippen LogP contribution in [0.15, 0.2) is 53.1 Å². The summed E-state index contributed by atoms with van der Waals surface area (Å²) >= 11 is 0. The number of nitrogens with one attached hydrogen (secondary N) is 1. The van der Waals surface area contributed by atoms with E-state index in [1.54, 1.807) is 4.90 Å². The topological polar surface area (TPSA) is 80.5 Å². The van der Waals surface area contributed by atoms with Crippen LogP contribution < -0.4 is 5.32 Å². The third-order valence-electron chi connectivity index (χ3n) is 5.07. The summed E-state index contributed by atoms with van der Waals surface area (Å²) in [4.78, 5) is 18.3. The Morgan fingerprint density at radius 3 is 2.71 bits per heavy atom. The summed E-state index contributed by atoms with van der Waals surface area (Å²) in [5, 5.41) is 6.40. The molecule has 2 aromatic carbocycles. The molecule has 7 nitrogen and oxygen atoms in total. The lowest BCUT2D eigenvalue weighted by Gasteiger charge is -2.32. The van der Waals surface area contributed by atoms with E-state index in [2.05, 4.69) is 15.5 Å². The molecule has 1 N–H and O–H groups in total. The summed E-state index contributed by atoms with van der Waals surface area (Å²) in [6.07, 6.45) is 1.84. The lowest BCUT2D eigenvalue weighted by molar-refractivity contribution is 0.0168. The van der Waals surface area contributed by atoms with Gasteiger partial charge < -0.3 is 19.5 Å². The Hall–Kier alpha value is -3.33. The Labute approximate surface area is 178 Å². The molecule has 0 radical (unpaired) electrons. The lowest BCUT2D eigenvalue weighted by Crippen LogP contribution is -2.43. The van der Waals surface area contributed by atoms with Crippen LogP contribution >= 0.6 is 0 Å². The van der Waals surface area contributed by atoms with E-state index in [9.17, 15) is 13.6 Å². The molecule has 2 amide bonds. The van der Waals surface area contributed by atoms with E-state index in [0.717, 1.165) is 23.8 Å². The number of carbonyl (C=O) groups excluding carboxylic acids is 1. The number of nitrogens with zero attached hydrogens (tertiary/aromatic N) is 3. The highest BCUT2D eigenvalue weighted by Gasteiger charge is 2.24. The molecule has 1 saturated heterocycles. The number of halogens is 2. The van der Waals surface area contributed by atoms with Crippen LogP contribution in [0.3, 0.4) is 0 Å². The van der Waals surface area contributed by atoms with Gasteiger partial charge in [-0.3, -0.25) is 0 Å². The quantitative estimate of drug-likeness (QED) is 0.634. The Morgan fingerprint density at radius 2 is 1.94 bits per heavy atom. The number of likely N-dealkylation sites (tertiary alicyclic amines) is 1. The van der Waals surface area contributed by atoms with Crippen LogP contribution in [0.25, 0.3) is 11.5 Å². The van der Waals surface area contributed by atoms with E-state index in [1.807, 2.05) is 30.3 Å². The first-order chi connectivity index (χ1) is 15.1. The van der Waals surface area contributed by atoms with Crippen molar-refractivity contribution in [3.05, 3.63) is 66.0 Å². The molecule has 1 aromatic heterocycles. The summed E-state index contributed by atoms with van der Waals surface area (Å²) in [6.45, 7) is 1.38. The van der Waals surface area contributed by atoms with Crippen molar-refractivity contribution in [2.24, 2.45) is 0 Å². The molecule has 3 aromatic rings. The second kappa shape index (κ2) is 9.65. The number of urea groups is 1. The van der Waals surface area contributed by atoms with E-state index in [4.69, 9.17) is 9.26 Å². The number of hydrogen-bond donors (Lipinski definition) is 1. The molecule has 0 bridgehead atoms. The van der Waals surface area contributed by atoms with Crippen LogP contribution in [0.5, 0.6) is 0 Å². The minimum atomic E-state index is -0.676. The maximum absolute atomic E-state index is 13.7. The molecule has 9 heteroatoms. The molecule has 0 atom stereocenters. The average molecular weight is 428 g/mol. The van der Waals surface area contributed by atoms with Crippen LogP contribution in [-0.2, 0) is 11.2 Å². The number of benzene rings is 2. The van der Waals surface area contributed by atoms with Gasteiger partial charge in [0.05, 0.1) is 18.4 Å². The predicted octanol–water partition coefficient (Wildman–Crippen LogP) is 4.27. The maximum Gasteiger partial charge on any atom is 0.321 e. The monoisotopic (exact) mass is 428 g/mol. The number of rotatable bonds is 6. The molecule has 2 heterocycles. The van der Waals surface area contributed by atoms with Gasteiger partial charge >= 0.3 is 6.03 Å². The first kappa shape index (κ1) is 20.9. The zero-order chi connectivity index (χ0) is 21.6. The Morgan fingerprint density at radius 1 is 1.16 bits per heavy atom. The summed E-state index contributed by atoms with van der Waals surface area (Å²) in [5.74, 6) is -0.233. The van der Waals surface area contributed by atoms with Gasteiger partial charge in [0.25, 0.3) is 5.89 Å². The summed E-state index contributed by atoms with van der Waals surface area (Å²) in [7, 11) is 0. The van der Waals surface area contributed by atoms with Gasteiger partial charge in [0.15, 0.2) is 5.82 Å². The summed E-state index contributed by atoms with van der Waals surface area (Å²) in [5.41, 5.74) is 0.698. The van der Waals surface area contributed by atoms with E-state index in [1.165, 1.54) is 0 Å². The highest BCUT2D eigenvalue weighted by molar-refractivity contribution is 5.89. The van der Waals surface area contributed by atoms with E-state index < -0.39 is 17.7 Å².